The van der Waals surface area contributed by atoms with Crippen LogP contribution >= 0.6 is 0 Å². The van der Waals surface area contributed by atoms with Crippen LogP contribution < -0.4 is 16.6 Å². The minimum absolute atomic E-state index is 0.117. The molecule has 0 amide bonds. The summed E-state index contributed by atoms with van der Waals surface area (Å²) in [6.07, 6.45) is 1.72. The number of esters is 1. The average molecular weight is 353 g/mol. The fraction of sp³-hybridized carbons (Fsp3) is 0.316. The first-order valence-electron chi connectivity index (χ1n) is 8.71. The zero-order valence-electron chi connectivity index (χ0n) is 14.4. The van der Waals surface area contributed by atoms with Crippen LogP contribution in [0.4, 0.5) is 5.82 Å². The number of cyclic esters (lactones) is 1. The van der Waals surface area contributed by atoms with E-state index in [4.69, 9.17) is 4.74 Å². The van der Waals surface area contributed by atoms with Gasteiger partial charge in [0.1, 0.15) is 12.4 Å². The molecule has 0 radical (unpaired) electrons. The predicted molar refractivity (Wildman–Crippen MR) is 96.1 cm³/mol. The van der Waals surface area contributed by atoms with Gasteiger partial charge in [0.2, 0.25) is 0 Å². The first-order chi connectivity index (χ1) is 12.6. The van der Waals surface area contributed by atoms with Gasteiger partial charge >= 0.3 is 11.7 Å². The molecule has 0 saturated carbocycles. The number of carbonyl (C=O) groups excluding carboxylic acids is 1. The van der Waals surface area contributed by atoms with Crippen molar-refractivity contribution in [1.29, 1.82) is 0 Å². The lowest BCUT2D eigenvalue weighted by atomic mass is 9.83. The van der Waals surface area contributed by atoms with Crippen molar-refractivity contribution in [2.45, 2.75) is 32.2 Å². The highest BCUT2D eigenvalue weighted by atomic mass is 16.5. The number of H-pyrrole nitrogens is 1. The summed E-state index contributed by atoms with van der Waals surface area (Å²) in [5.74, 6) is -0.537. The molecule has 134 valence electrons. The average Bonchev–Trinajstić information content (AvgIpc) is 3.01. The Bertz CT molecular complexity index is 1020. The smallest absolute Gasteiger partial charge is 0.337 e. The fourth-order valence-corrected chi connectivity index (χ4v) is 3.60. The van der Waals surface area contributed by atoms with Crippen molar-refractivity contribution in [2.75, 3.05) is 11.9 Å². The molecule has 7 heteroatoms. The maximum Gasteiger partial charge on any atom is 0.337 e. The maximum atomic E-state index is 12.7. The number of ether oxygens (including phenoxy) is 1. The Labute approximate surface area is 149 Å². The number of nitrogens with one attached hydrogen (secondary N) is 2. The van der Waals surface area contributed by atoms with E-state index in [1.54, 1.807) is 4.57 Å². The number of aromatic amines is 1. The second-order valence-corrected chi connectivity index (χ2v) is 6.46. The molecule has 2 N–H and O–H groups in total. The molecule has 0 spiro atoms. The summed E-state index contributed by atoms with van der Waals surface area (Å²) in [6.45, 7) is 2.64. The molecule has 2 aliphatic rings. The Kier molecular flexibility index (Phi) is 3.99. The first-order valence-corrected chi connectivity index (χ1v) is 8.71. The molecule has 1 atom stereocenters. The highest BCUT2D eigenvalue weighted by Crippen LogP contribution is 2.42. The lowest BCUT2D eigenvalue weighted by Gasteiger charge is -2.28. The summed E-state index contributed by atoms with van der Waals surface area (Å²) in [7, 11) is 0. The van der Waals surface area contributed by atoms with Gasteiger partial charge in [0.15, 0.2) is 0 Å². The summed E-state index contributed by atoms with van der Waals surface area (Å²) in [4.78, 5) is 39.8. The third kappa shape index (κ3) is 2.47. The quantitative estimate of drug-likeness (QED) is 0.816. The Morgan fingerprint density at radius 2 is 1.96 bits per heavy atom. The van der Waals surface area contributed by atoms with E-state index in [0.29, 0.717) is 29.2 Å². The lowest BCUT2D eigenvalue weighted by Crippen LogP contribution is -2.38. The standard InChI is InChI=1S/C19H19N3O4/c1-2-3-9-22-16-15(17(23)21-19(22)25)13(11-7-5-4-6-8-11)14-12(20-16)10-26-18(14)24/h4-8,13,20H,2-3,9-10H2,1H3,(H,21,23,25)/t13-/m1/s1. The highest BCUT2D eigenvalue weighted by molar-refractivity contribution is 5.96. The fourth-order valence-electron chi connectivity index (χ4n) is 3.60. The van der Waals surface area contributed by atoms with E-state index in [1.165, 1.54) is 0 Å². The van der Waals surface area contributed by atoms with Gasteiger partial charge in [-0.3, -0.25) is 14.3 Å². The van der Waals surface area contributed by atoms with Gasteiger partial charge in [0, 0.05) is 6.54 Å². The van der Waals surface area contributed by atoms with Crippen molar-refractivity contribution in [3.8, 4) is 0 Å². The van der Waals surface area contributed by atoms with E-state index in [1.807, 2.05) is 37.3 Å². The predicted octanol–water partition coefficient (Wildman–Crippen LogP) is 1.70. The van der Waals surface area contributed by atoms with Crippen LogP contribution in [0.25, 0.3) is 0 Å². The molecule has 2 aliphatic heterocycles. The van der Waals surface area contributed by atoms with Gasteiger partial charge in [0.05, 0.1) is 22.8 Å². The molecule has 0 aliphatic carbocycles. The minimum Gasteiger partial charge on any atom is -0.456 e. The number of fused-ring (bicyclic) bond motifs is 1. The SMILES string of the molecule is CCCCn1c2c(c(=O)[nH]c1=O)[C@H](c1ccccc1)C1=C(COC1=O)N2. The normalized spacial score (nSPS) is 18.2. The second-order valence-electron chi connectivity index (χ2n) is 6.46. The van der Waals surface area contributed by atoms with Crippen LogP contribution in [-0.2, 0) is 16.1 Å². The second kappa shape index (κ2) is 6.33. The summed E-state index contributed by atoms with van der Waals surface area (Å²) >= 11 is 0. The van der Waals surface area contributed by atoms with E-state index in [-0.39, 0.29) is 6.61 Å². The van der Waals surface area contributed by atoms with Crippen LogP contribution in [-0.4, -0.2) is 22.1 Å². The molecule has 7 nitrogen and oxygen atoms in total. The summed E-state index contributed by atoms with van der Waals surface area (Å²) in [6, 6.07) is 9.34. The molecular formula is C19H19N3O4. The maximum absolute atomic E-state index is 12.7. The topological polar surface area (TPSA) is 93.2 Å². The number of anilines is 1. The van der Waals surface area contributed by atoms with Crippen LogP contribution in [0.1, 0.15) is 36.8 Å². The Balaban J connectivity index is 1.99. The monoisotopic (exact) mass is 353 g/mol. The molecule has 3 heterocycles. The molecule has 4 rings (SSSR count). The van der Waals surface area contributed by atoms with Gasteiger partial charge in [-0.15, -0.1) is 0 Å². The number of benzene rings is 1. The zero-order chi connectivity index (χ0) is 18.3. The third-order valence-electron chi connectivity index (χ3n) is 4.84. The van der Waals surface area contributed by atoms with Crippen LogP contribution in [0.15, 0.2) is 51.2 Å². The number of nitrogens with zero attached hydrogens (tertiary/aromatic N) is 1. The van der Waals surface area contributed by atoms with Gasteiger partial charge in [-0.2, -0.15) is 0 Å². The van der Waals surface area contributed by atoms with Gasteiger partial charge < -0.3 is 10.1 Å². The molecule has 0 fully saturated rings. The molecule has 0 saturated heterocycles. The van der Waals surface area contributed by atoms with Gasteiger partial charge in [-0.25, -0.2) is 9.59 Å². The Morgan fingerprint density at radius 3 is 2.69 bits per heavy atom. The molecule has 1 aromatic carbocycles. The van der Waals surface area contributed by atoms with Crippen LogP contribution in [0.2, 0.25) is 0 Å². The largest absolute Gasteiger partial charge is 0.456 e. The number of rotatable bonds is 4. The van der Waals surface area contributed by atoms with Gasteiger partial charge in [-0.05, 0) is 12.0 Å². The van der Waals surface area contributed by atoms with Crippen LogP contribution in [0, 0.1) is 0 Å². The third-order valence-corrected chi connectivity index (χ3v) is 4.84. The zero-order valence-corrected chi connectivity index (χ0v) is 14.4. The van der Waals surface area contributed by atoms with Crippen molar-refractivity contribution in [3.05, 3.63) is 73.6 Å². The lowest BCUT2D eigenvalue weighted by molar-refractivity contribution is -0.136. The van der Waals surface area contributed by atoms with Crippen LogP contribution in [0.5, 0.6) is 0 Å². The van der Waals surface area contributed by atoms with Crippen molar-refractivity contribution >= 4 is 11.8 Å². The molecule has 2 aromatic rings. The van der Waals surface area contributed by atoms with E-state index in [9.17, 15) is 14.4 Å². The van der Waals surface area contributed by atoms with Crippen molar-refractivity contribution in [1.82, 2.24) is 9.55 Å². The number of aromatic nitrogens is 2. The Morgan fingerprint density at radius 1 is 1.19 bits per heavy atom. The van der Waals surface area contributed by atoms with E-state index in [2.05, 4.69) is 10.3 Å². The van der Waals surface area contributed by atoms with Crippen molar-refractivity contribution < 1.29 is 9.53 Å². The number of carbonyl (C=O) groups is 1. The van der Waals surface area contributed by atoms with E-state index in [0.717, 1.165) is 18.4 Å². The minimum atomic E-state index is -0.560. The number of hydrogen-bond donors (Lipinski definition) is 2. The summed E-state index contributed by atoms with van der Waals surface area (Å²) < 4.78 is 6.74. The molecular weight excluding hydrogens is 334 g/mol. The van der Waals surface area contributed by atoms with Crippen LogP contribution in [0.3, 0.4) is 0 Å². The van der Waals surface area contributed by atoms with E-state index >= 15 is 0 Å². The first kappa shape index (κ1) is 16.4. The molecule has 0 unspecified atom stereocenters. The number of hydrogen-bond acceptors (Lipinski definition) is 5. The molecule has 26 heavy (non-hydrogen) atoms. The Hall–Kier alpha value is -3.09. The highest BCUT2D eigenvalue weighted by Gasteiger charge is 2.41. The number of unbranched alkanes of at least 4 members (excludes halogenated alkanes) is 1. The van der Waals surface area contributed by atoms with Gasteiger partial charge in [0.25, 0.3) is 5.56 Å². The van der Waals surface area contributed by atoms with Gasteiger partial charge in [-0.1, -0.05) is 43.7 Å². The molecule has 1 aromatic heterocycles. The summed E-state index contributed by atoms with van der Waals surface area (Å²) in [5, 5.41) is 3.12. The van der Waals surface area contributed by atoms with E-state index < -0.39 is 23.1 Å². The molecule has 0 bridgehead atoms. The van der Waals surface area contributed by atoms with Crippen molar-refractivity contribution in [2.24, 2.45) is 0 Å². The summed E-state index contributed by atoms with van der Waals surface area (Å²) in [5.41, 5.74) is 1.32. The van der Waals surface area contributed by atoms with Crippen molar-refractivity contribution in [3.63, 3.8) is 0 Å².